The minimum atomic E-state index is -0.0967. The molecule has 0 radical (unpaired) electrons. The maximum atomic E-state index is 10.9. The molecule has 5 heteroatoms. The highest BCUT2D eigenvalue weighted by Crippen LogP contribution is 2.34. The van der Waals surface area contributed by atoms with Crippen molar-refractivity contribution in [2.24, 2.45) is 0 Å². The number of anilines is 1. The van der Waals surface area contributed by atoms with E-state index in [4.69, 9.17) is 16.9 Å². The molecule has 0 aliphatic carbocycles. The fourth-order valence-electron chi connectivity index (χ4n) is 1.59. The first-order valence-electron chi connectivity index (χ1n) is 5.83. The topological polar surface area (TPSA) is 52.9 Å². The van der Waals surface area contributed by atoms with Crippen molar-refractivity contribution in [2.45, 2.75) is 16.7 Å². The third kappa shape index (κ3) is 3.77. The zero-order valence-corrected chi connectivity index (χ0v) is 12.3. The lowest BCUT2D eigenvalue weighted by atomic mass is 10.2. The standard InChI is InChI=1S/C15H11ClN2OS/c1-10(19)18-12-3-5-13(6-4-12)20-15-7-2-11(9-17)8-14(15)16/h2-8H,1H3,(H,18,19). The number of hydrogen-bond acceptors (Lipinski definition) is 3. The Morgan fingerprint density at radius 2 is 1.95 bits per heavy atom. The molecular formula is C15H11ClN2OS. The van der Waals surface area contributed by atoms with Gasteiger partial charge in [0, 0.05) is 22.4 Å². The number of rotatable bonds is 3. The normalized spacial score (nSPS) is 9.85. The van der Waals surface area contributed by atoms with E-state index in [9.17, 15) is 4.79 Å². The van der Waals surface area contributed by atoms with Crippen molar-refractivity contribution in [3.8, 4) is 6.07 Å². The van der Waals surface area contributed by atoms with Crippen LogP contribution >= 0.6 is 23.4 Å². The first-order valence-corrected chi connectivity index (χ1v) is 7.03. The van der Waals surface area contributed by atoms with Gasteiger partial charge in [0.25, 0.3) is 0 Å². The van der Waals surface area contributed by atoms with E-state index in [2.05, 4.69) is 11.4 Å². The predicted octanol–water partition coefficient (Wildman–Crippen LogP) is 4.32. The molecule has 0 aliphatic heterocycles. The number of amides is 1. The molecule has 20 heavy (non-hydrogen) atoms. The molecule has 0 spiro atoms. The van der Waals surface area contributed by atoms with E-state index in [-0.39, 0.29) is 5.91 Å². The molecule has 0 aliphatic rings. The van der Waals surface area contributed by atoms with Crippen molar-refractivity contribution in [2.75, 3.05) is 5.32 Å². The molecule has 2 aromatic rings. The van der Waals surface area contributed by atoms with E-state index in [1.165, 1.54) is 18.7 Å². The second kappa shape index (κ2) is 6.47. The number of carbonyl (C=O) groups excluding carboxylic acids is 1. The summed E-state index contributed by atoms with van der Waals surface area (Å²) in [6.07, 6.45) is 0. The smallest absolute Gasteiger partial charge is 0.221 e. The van der Waals surface area contributed by atoms with Crippen molar-refractivity contribution in [1.82, 2.24) is 0 Å². The zero-order valence-electron chi connectivity index (χ0n) is 10.7. The molecule has 100 valence electrons. The van der Waals surface area contributed by atoms with Crippen LogP contribution in [0.3, 0.4) is 0 Å². The molecule has 0 saturated heterocycles. The van der Waals surface area contributed by atoms with Crippen LogP contribution in [0.4, 0.5) is 5.69 Å². The van der Waals surface area contributed by atoms with Crippen LogP contribution in [0.1, 0.15) is 12.5 Å². The number of nitrogens with one attached hydrogen (secondary N) is 1. The van der Waals surface area contributed by atoms with Crippen molar-refractivity contribution in [3.05, 3.63) is 53.1 Å². The third-order valence-electron chi connectivity index (χ3n) is 2.46. The lowest BCUT2D eigenvalue weighted by Gasteiger charge is -2.06. The summed E-state index contributed by atoms with van der Waals surface area (Å²) in [6, 6.07) is 14.7. The van der Waals surface area contributed by atoms with Crippen LogP contribution in [0, 0.1) is 11.3 Å². The van der Waals surface area contributed by atoms with E-state index in [1.807, 2.05) is 30.3 Å². The lowest BCUT2D eigenvalue weighted by molar-refractivity contribution is -0.114. The molecule has 0 bridgehead atoms. The number of nitriles is 1. The Balaban J connectivity index is 2.14. The highest BCUT2D eigenvalue weighted by molar-refractivity contribution is 7.99. The fraction of sp³-hybridized carbons (Fsp3) is 0.0667. The minimum absolute atomic E-state index is 0.0967. The van der Waals surface area contributed by atoms with E-state index in [1.54, 1.807) is 12.1 Å². The van der Waals surface area contributed by atoms with Gasteiger partial charge in [-0.05, 0) is 42.5 Å². The monoisotopic (exact) mass is 302 g/mol. The van der Waals surface area contributed by atoms with Gasteiger partial charge in [0.05, 0.1) is 16.7 Å². The van der Waals surface area contributed by atoms with Crippen LogP contribution < -0.4 is 5.32 Å². The fourth-order valence-corrected chi connectivity index (χ4v) is 2.70. The van der Waals surface area contributed by atoms with Gasteiger partial charge in [-0.25, -0.2) is 0 Å². The summed E-state index contributed by atoms with van der Waals surface area (Å²) in [5, 5.41) is 12.1. The van der Waals surface area contributed by atoms with Crippen LogP contribution in [0.2, 0.25) is 5.02 Å². The highest BCUT2D eigenvalue weighted by Gasteiger charge is 2.04. The first-order chi connectivity index (χ1) is 9.58. The molecule has 0 atom stereocenters. The van der Waals surface area contributed by atoms with Crippen LogP contribution in [0.25, 0.3) is 0 Å². The molecule has 3 nitrogen and oxygen atoms in total. The molecule has 0 saturated carbocycles. The maximum Gasteiger partial charge on any atom is 0.221 e. The van der Waals surface area contributed by atoms with Gasteiger partial charge >= 0.3 is 0 Å². The van der Waals surface area contributed by atoms with E-state index in [0.717, 1.165) is 15.5 Å². The van der Waals surface area contributed by atoms with Gasteiger partial charge < -0.3 is 5.32 Å². The summed E-state index contributed by atoms with van der Waals surface area (Å²) in [6.45, 7) is 1.47. The van der Waals surface area contributed by atoms with E-state index >= 15 is 0 Å². The zero-order chi connectivity index (χ0) is 14.5. The Morgan fingerprint density at radius 3 is 2.50 bits per heavy atom. The van der Waals surface area contributed by atoms with E-state index in [0.29, 0.717) is 10.6 Å². The maximum absolute atomic E-state index is 10.9. The van der Waals surface area contributed by atoms with Crippen LogP contribution in [0.15, 0.2) is 52.3 Å². The summed E-state index contributed by atoms with van der Waals surface area (Å²) < 4.78 is 0. The third-order valence-corrected chi connectivity index (χ3v) is 3.97. The van der Waals surface area contributed by atoms with Crippen LogP contribution in [0.5, 0.6) is 0 Å². The molecular weight excluding hydrogens is 292 g/mol. The number of halogens is 1. The van der Waals surface area contributed by atoms with Crippen molar-refractivity contribution >= 4 is 35.0 Å². The lowest BCUT2D eigenvalue weighted by Crippen LogP contribution is -2.05. The summed E-state index contributed by atoms with van der Waals surface area (Å²) in [5.41, 5.74) is 1.30. The molecule has 2 rings (SSSR count). The Morgan fingerprint density at radius 1 is 1.25 bits per heavy atom. The molecule has 0 heterocycles. The van der Waals surface area contributed by atoms with Crippen molar-refractivity contribution in [3.63, 3.8) is 0 Å². The molecule has 0 unspecified atom stereocenters. The second-order valence-electron chi connectivity index (χ2n) is 4.06. The van der Waals surface area contributed by atoms with Gasteiger partial charge in [-0.3, -0.25) is 4.79 Å². The Labute approximate surface area is 126 Å². The second-order valence-corrected chi connectivity index (χ2v) is 5.59. The number of carbonyl (C=O) groups is 1. The summed E-state index contributed by atoms with van der Waals surface area (Å²) >= 11 is 7.64. The van der Waals surface area contributed by atoms with Crippen molar-refractivity contribution < 1.29 is 4.79 Å². The van der Waals surface area contributed by atoms with Crippen LogP contribution in [-0.4, -0.2) is 5.91 Å². The van der Waals surface area contributed by atoms with Gasteiger partial charge in [-0.2, -0.15) is 5.26 Å². The van der Waals surface area contributed by atoms with Gasteiger partial charge in [-0.1, -0.05) is 23.4 Å². The minimum Gasteiger partial charge on any atom is -0.326 e. The summed E-state index contributed by atoms with van der Waals surface area (Å²) in [5.74, 6) is -0.0967. The van der Waals surface area contributed by atoms with Crippen molar-refractivity contribution in [1.29, 1.82) is 5.26 Å². The Kier molecular flexibility index (Phi) is 4.67. The molecule has 1 amide bonds. The van der Waals surface area contributed by atoms with Crippen LogP contribution in [-0.2, 0) is 4.79 Å². The largest absolute Gasteiger partial charge is 0.326 e. The van der Waals surface area contributed by atoms with Gasteiger partial charge in [0.1, 0.15) is 0 Å². The molecule has 0 fully saturated rings. The first kappa shape index (κ1) is 14.4. The Bertz CT molecular complexity index is 677. The quantitative estimate of drug-likeness (QED) is 0.918. The molecule has 2 aromatic carbocycles. The van der Waals surface area contributed by atoms with Gasteiger partial charge in [0.2, 0.25) is 5.91 Å². The Hall–Kier alpha value is -1.96. The molecule has 1 N–H and O–H groups in total. The average Bonchev–Trinajstić information content (AvgIpc) is 2.42. The summed E-state index contributed by atoms with van der Waals surface area (Å²) in [4.78, 5) is 12.8. The van der Waals surface area contributed by atoms with Gasteiger partial charge in [0.15, 0.2) is 0 Å². The predicted molar refractivity (Wildman–Crippen MR) is 81.0 cm³/mol. The average molecular weight is 303 g/mol. The number of hydrogen-bond donors (Lipinski definition) is 1. The van der Waals surface area contributed by atoms with E-state index < -0.39 is 0 Å². The van der Waals surface area contributed by atoms with Gasteiger partial charge in [-0.15, -0.1) is 0 Å². The number of nitrogens with zero attached hydrogens (tertiary/aromatic N) is 1. The summed E-state index contributed by atoms with van der Waals surface area (Å²) in [7, 11) is 0. The molecule has 0 aromatic heterocycles. The number of benzene rings is 2. The SMILES string of the molecule is CC(=O)Nc1ccc(Sc2ccc(C#N)cc2Cl)cc1. The highest BCUT2D eigenvalue weighted by atomic mass is 35.5.